The summed E-state index contributed by atoms with van der Waals surface area (Å²) < 4.78 is 5.80. The van der Waals surface area contributed by atoms with Gasteiger partial charge < -0.3 is 4.74 Å². The summed E-state index contributed by atoms with van der Waals surface area (Å²) in [5.74, 6) is 0.798. The normalized spacial score (nSPS) is 31.1. The van der Waals surface area contributed by atoms with Gasteiger partial charge in [-0.1, -0.05) is 30.3 Å². The van der Waals surface area contributed by atoms with Crippen molar-refractivity contribution in [1.29, 1.82) is 0 Å². The van der Waals surface area contributed by atoms with Gasteiger partial charge in [-0.05, 0) is 24.8 Å². The lowest BCUT2D eigenvalue weighted by Crippen LogP contribution is -2.22. The van der Waals surface area contributed by atoms with Gasteiger partial charge in [0.15, 0.2) is 0 Å². The number of carbonyl (C=O) groups is 1. The van der Waals surface area contributed by atoms with E-state index in [1.165, 1.54) is 12.0 Å². The highest BCUT2D eigenvalue weighted by atomic mass is 16.5. The second-order valence-electron chi connectivity index (χ2n) is 5.42. The molecule has 0 bridgehead atoms. The number of ketones is 1. The van der Waals surface area contributed by atoms with Crippen LogP contribution in [-0.4, -0.2) is 12.4 Å². The molecular weight excluding hydrogens is 212 g/mol. The molecule has 2 saturated carbocycles. The van der Waals surface area contributed by atoms with Crippen LogP contribution in [0, 0.1) is 11.3 Å². The van der Waals surface area contributed by atoms with Crippen molar-refractivity contribution in [2.45, 2.75) is 32.3 Å². The van der Waals surface area contributed by atoms with E-state index in [1.807, 2.05) is 18.2 Å². The van der Waals surface area contributed by atoms with Crippen molar-refractivity contribution in [3.63, 3.8) is 0 Å². The van der Waals surface area contributed by atoms with Gasteiger partial charge in [-0.3, -0.25) is 4.79 Å². The van der Waals surface area contributed by atoms with Crippen LogP contribution in [0.5, 0.6) is 0 Å². The van der Waals surface area contributed by atoms with E-state index in [4.69, 9.17) is 4.74 Å². The van der Waals surface area contributed by atoms with Crippen LogP contribution in [-0.2, 0) is 16.1 Å². The summed E-state index contributed by atoms with van der Waals surface area (Å²) in [6, 6.07) is 10.2. The molecule has 2 heteroatoms. The zero-order valence-electron chi connectivity index (χ0n) is 10.0. The van der Waals surface area contributed by atoms with Gasteiger partial charge in [-0.15, -0.1) is 0 Å². The van der Waals surface area contributed by atoms with Gasteiger partial charge >= 0.3 is 0 Å². The predicted octanol–water partition coefficient (Wildman–Crippen LogP) is 2.96. The highest BCUT2D eigenvalue weighted by molar-refractivity contribution is 5.85. The van der Waals surface area contributed by atoms with Crippen molar-refractivity contribution in [1.82, 2.24) is 0 Å². The summed E-state index contributed by atoms with van der Waals surface area (Å²) in [6.07, 6.45) is 4.11. The molecule has 0 spiro atoms. The first-order valence-electron chi connectivity index (χ1n) is 6.45. The summed E-state index contributed by atoms with van der Waals surface area (Å²) in [5, 5.41) is 0. The molecule has 90 valence electrons. The largest absolute Gasteiger partial charge is 0.376 e. The number of fused-ring (bicyclic) bond motifs is 1. The average Bonchev–Trinajstić information content (AvgIpc) is 3.07. The van der Waals surface area contributed by atoms with Crippen LogP contribution >= 0.6 is 0 Å². The predicted molar refractivity (Wildman–Crippen MR) is 65.5 cm³/mol. The fourth-order valence-electron chi connectivity index (χ4n) is 3.05. The van der Waals surface area contributed by atoms with E-state index < -0.39 is 0 Å². The Balaban J connectivity index is 1.51. The third kappa shape index (κ3) is 2.14. The Hall–Kier alpha value is -1.15. The lowest BCUT2D eigenvalue weighted by molar-refractivity contribution is -0.123. The molecule has 0 heterocycles. The average molecular weight is 230 g/mol. The molecule has 3 rings (SSSR count). The molecule has 0 amide bonds. The van der Waals surface area contributed by atoms with Gasteiger partial charge in [0, 0.05) is 17.8 Å². The molecule has 2 unspecified atom stereocenters. The van der Waals surface area contributed by atoms with E-state index in [2.05, 4.69) is 12.1 Å². The Bertz CT molecular complexity index is 412. The number of carbonyl (C=O) groups excluding carboxylic acids is 1. The minimum atomic E-state index is 0.226. The summed E-state index contributed by atoms with van der Waals surface area (Å²) in [7, 11) is 0. The zero-order chi connectivity index (χ0) is 11.7. The maximum Gasteiger partial charge on any atom is 0.136 e. The van der Waals surface area contributed by atoms with Gasteiger partial charge in [-0.25, -0.2) is 0 Å². The first-order valence-corrected chi connectivity index (χ1v) is 6.45. The molecule has 0 N–H and O–H groups in total. The van der Waals surface area contributed by atoms with Crippen molar-refractivity contribution < 1.29 is 9.53 Å². The van der Waals surface area contributed by atoms with Gasteiger partial charge in [0.05, 0.1) is 13.2 Å². The quantitative estimate of drug-likeness (QED) is 0.795. The van der Waals surface area contributed by atoms with Crippen molar-refractivity contribution >= 4 is 5.78 Å². The van der Waals surface area contributed by atoms with Crippen LogP contribution < -0.4 is 0 Å². The van der Waals surface area contributed by atoms with Crippen LogP contribution in [0.15, 0.2) is 30.3 Å². The van der Waals surface area contributed by atoms with E-state index >= 15 is 0 Å². The Labute approximate surface area is 102 Å². The Morgan fingerprint density at radius 2 is 2.12 bits per heavy atom. The molecule has 2 aliphatic carbocycles. The van der Waals surface area contributed by atoms with E-state index in [-0.39, 0.29) is 5.41 Å². The number of rotatable bonds is 4. The number of hydrogen-bond donors (Lipinski definition) is 0. The minimum Gasteiger partial charge on any atom is -0.376 e. The highest BCUT2D eigenvalue weighted by Gasteiger charge is 2.59. The Morgan fingerprint density at radius 1 is 1.29 bits per heavy atom. The second-order valence-corrected chi connectivity index (χ2v) is 5.42. The fraction of sp³-hybridized carbons (Fsp3) is 0.533. The van der Waals surface area contributed by atoms with Gasteiger partial charge in [0.1, 0.15) is 5.78 Å². The first-order chi connectivity index (χ1) is 8.30. The van der Waals surface area contributed by atoms with E-state index in [0.29, 0.717) is 18.3 Å². The van der Waals surface area contributed by atoms with Crippen LogP contribution in [0.3, 0.4) is 0 Å². The molecule has 2 atom stereocenters. The topological polar surface area (TPSA) is 26.3 Å². The minimum absolute atomic E-state index is 0.226. The maximum absolute atomic E-state index is 11.6. The molecule has 2 nitrogen and oxygen atoms in total. The smallest absolute Gasteiger partial charge is 0.136 e. The number of ether oxygens (including phenoxy) is 1. The molecule has 17 heavy (non-hydrogen) atoms. The van der Waals surface area contributed by atoms with Crippen molar-refractivity contribution in [3.8, 4) is 0 Å². The van der Waals surface area contributed by atoms with E-state index in [0.717, 1.165) is 25.9 Å². The molecule has 0 saturated heterocycles. The van der Waals surface area contributed by atoms with Crippen LogP contribution in [0.25, 0.3) is 0 Å². The molecule has 0 aromatic heterocycles. The first kappa shape index (κ1) is 11.0. The van der Waals surface area contributed by atoms with Crippen molar-refractivity contribution in [2.24, 2.45) is 11.3 Å². The SMILES string of the molecule is O=C1CCCC2(COCc3ccccc3)CC12. The summed E-state index contributed by atoms with van der Waals surface area (Å²) in [5.41, 5.74) is 1.44. The van der Waals surface area contributed by atoms with Crippen molar-refractivity contribution in [3.05, 3.63) is 35.9 Å². The molecule has 2 fully saturated rings. The van der Waals surface area contributed by atoms with Crippen LogP contribution in [0.4, 0.5) is 0 Å². The number of Topliss-reactive ketones (excluding diaryl/α,β-unsaturated/α-hetero) is 1. The third-order valence-corrected chi connectivity index (χ3v) is 4.18. The molecular formula is C15H18O2. The lowest BCUT2D eigenvalue weighted by atomic mass is 9.88. The van der Waals surface area contributed by atoms with E-state index in [1.54, 1.807) is 0 Å². The third-order valence-electron chi connectivity index (χ3n) is 4.18. The molecule has 1 aromatic carbocycles. The van der Waals surface area contributed by atoms with Crippen molar-refractivity contribution in [2.75, 3.05) is 6.61 Å². The fourth-order valence-corrected chi connectivity index (χ4v) is 3.05. The summed E-state index contributed by atoms with van der Waals surface area (Å²) >= 11 is 0. The van der Waals surface area contributed by atoms with Gasteiger partial charge in [-0.2, -0.15) is 0 Å². The number of hydrogen-bond acceptors (Lipinski definition) is 2. The van der Waals surface area contributed by atoms with Gasteiger partial charge in [0.2, 0.25) is 0 Å². The molecule has 0 aliphatic heterocycles. The molecule has 0 radical (unpaired) electrons. The standard InChI is InChI=1S/C15H18O2/c16-14-7-4-8-15(9-13(14)15)11-17-10-12-5-2-1-3-6-12/h1-3,5-6,13H,4,7-11H2. The Morgan fingerprint density at radius 3 is 2.94 bits per heavy atom. The lowest BCUT2D eigenvalue weighted by Gasteiger charge is -2.21. The Kier molecular flexibility index (Phi) is 2.75. The number of benzene rings is 1. The van der Waals surface area contributed by atoms with Crippen LogP contribution in [0.1, 0.15) is 31.2 Å². The second kappa shape index (κ2) is 4.26. The monoisotopic (exact) mass is 230 g/mol. The maximum atomic E-state index is 11.6. The molecule has 2 aliphatic rings. The zero-order valence-corrected chi connectivity index (χ0v) is 10.0. The van der Waals surface area contributed by atoms with Crippen LogP contribution in [0.2, 0.25) is 0 Å². The summed E-state index contributed by atoms with van der Waals surface area (Å²) in [4.78, 5) is 11.6. The highest BCUT2D eigenvalue weighted by Crippen LogP contribution is 2.59. The van der Waals surface area contributed by atoms with Gasteiger partial charge in [0.25, 0.3) is 0 Å². The molecule has 1 aromatic rings. The van der Waals surface area contributed by atoms with E-state index in [9.17, 15) is 4.79 Å². The summed E-state index contributed by atoms with van der Waals surface area (Å²) in [6.45, 7) is 1.43.